The van der Waals surface area contributed by atoms with Gasteiger partial charge < -0.3 is 0 Å². The van der Waals surface area contributed by atoms with Gasteiger partial charge in [-0.15, -0.1) is 0 Å². The lowest BCUT2D eigenvalue weighted by Crippen LogP contribution is -1.75. The molecule has 1 aliphatic carbocycles. The molecule has 0 radical (unpaired) electrons. The first-order chi connectivity index (χ1) is 8.42. The summed E-state index contributed by atoms with van der Waals surface area (Å²) in [4.78, 5) is 0. The van der Waals surface area contributed by atoms with Crippen LogP contribution in [-0.2, 0) is 0 Å². The average Bonchev–Trinajstić information content (AvgIpc) is 3.23. The summed E-state index contributed by atoms with van der Waals surface area (Å²) in [6, 6.07) is 18.2. The van der Waals surface area contributed by atoms with Gasteiger partial charge in [0.15, 0.2) is 0 Å². The molecule has 17 heavy (non-hydrogen) atoms. The van der Waals surface area contributed by atoms with Crippen molar-refractivity contribution in [1.82, 2.24) is 0 Å². The third kappa shape index (κ3) is 2.59. The van der Waals surface area contributed by atoms with Crippen molar-refractivity contribution >= 4 is 11.4 Å². The molecule has 2 aromatic carbocycles. The fourth-order valence-electron chi connectivity index (χ4n) is 1.84. The van der Waals surface area contributed by atoms with E-state index in [9.17, 15) is 0 Å². The minimum atomic E-state index is 0.801. The van der Waals surface area contributed by atoms with E-state index in [-0.39, 0.29) is 0 Å². The lowest BCUT2D eigenvalue weighted by Gasteiger charge is -1.97. The molecule has 2 aromatic rings. The molecule has 1 aliphatic rings. The van der Waals surface area contributed by atoms with Gasteiger partial charge in [0.05, 0.1) is 11.4 Å². The maximum absolute atomic E-state index is 4.22. The largest absolute Gasteiger partial charge is 0.151 e. The van der Waals surface area contributed by atoms with Crippen LogP contribution in [0.5, 0.6) is 0 Å². The van der Waals surface area contributed by atoms with Crippen molar-refractivity contribution in [1.29, 1.82) is 0 Å². The maximum atomic E-state index is 4.22. The fraction of sp³-hybridized carbons (Fsp3) is 0.200. The number of hydrogen-bond acceptors (Lipinski definition) is 2. The molecule has 0 bridgehead atoms. The van der Waals surface area contributed by atoms with Gasteiger partial charge in [0.2, 0.25) is 0 Å². The van der Waals surface area contributed by atoms with Crippen molar-refractivity contribution < 1.29 is 0 Å². The summed E-state index contributed by atoms with van der Waals surface area (Å²) in [6.45, 7) is 0. The minimum absolute atomic E-state index is 0.801. The Labute approximate surface area is 101 Å². The molecule has 0 unspecified atom stereocenters. The van der Waals surface area contributed by atoms with Crippen LogP contribution in [0.2, 0.25) is 0 Å². The van der Waals surface area contributed by atoms with Crippen LogP contribution in [-0.4, -0.2) is 0 Å². The second-order valence-electron chi connectivity index (χ2n) is 4.40. The Morgan fingerprint density at radius 1 is 0.706 bits per heavy atom. The number of hydrogen-bond donors (Lipinski definition) is 0. The smallest absolute Gasteiger partial charge is 0.0857 e. The zero-order valence-corrected chi connectivity index (χ0v) is 9.58. The summed E-state index contributed by atoms with van der Waals surface area (Å²) in [6.07, 6.45) is 2.68. The number of nitrogens with zero attached hydrogens (tertiary/aromatic N) is 2. The first kappa shape index (κ1) is 10.2. The summed E-state index contributed by atoms with van der Waals surface area (Å²) in [5.74, 6) is 0.801. The van der Waals surface area contributed by atoms with Gasteiger partial charge in [0.25, 0.3) is 0 Å². The van der Waals surface area contributed by atoms with E-state index in [1.807, 2.05) is 42.5 Å². The van der Waals surface area contributed by atoms with Gasteiger partial charge in [-0.25, -0.2) is 0 Å². The van der Waals surface area contributed by atoms with Crippen molar-refractivity contribution in [2.24, 2.45) is 10.2 Å². The lowest BCUT2D eigenvalue weighted by molar-refractivity contribution is 1.12. The van der Waals surface area contributed by atoms with Crippen LogP contribution >= 0.6 is 0 Å². The van der Waals surface area contributed by atoms with Crippen LogP contribution in [0.3, 0.4) is 0 Å². The molecule has 0 spiro atoms. The summed E-state index contributed by atoms with van der Waals surface area (Å²) in [5.41, 5.74) is 3.24. The van der Waals surface area contributed by atoms with Gasteiger partial charge in [-0.3, -0.25) is 0 Å². The fourth-order valence-corrected chi connectivity index (χ4v) is 1.84. The van der Waals surface area contributed by atoms with E-state index in [1.165, 1.54) is 18.4 Å². The van der Waals surface area contributed by atoms with Gasteiger partial charge in [0.1, 0.15) is 0 Å². The maximum Gasteiger partial charge on any atom is 0.0857 e. The molecule has 1 fully saturated rings. The lowest BCUT2D eigenvalue weighted by atomic mass is 10.1. The van der Waals surface area contributed by atoms with Gasteiger partial charge >= 0.3 is 0 Å². The van der Waals surface area contributed by atoms with Gasteiger partial charge in [0, 0.05) is 0 Å². The third-order valence-electron chi connectivity index (χ3n) is 2.98. The predicted molar refractivity (Wildman–Crippen MR) is 69.0 cm³/mol. The quantitative estimate of drug-likeness (QED) is 0.654. The van der Waals surface area contributed by atoms with Crippen LogP contribution in [0.1, 0.15) is 24.3 Å². The summed E-state index contributed by atoms with van der Waals surface area (Å²) < 4.78 is 0. The molecule has 0 aliphatic heterocycles. The van der Waals surface area contributed by atoms with E-state index in [2.05, 4.69) is 22.4 Å². The molecule has 0 N–H and O–H groups in total. The highest BCUT2D eigenvalue weighted by Gasteiger charge is 2.22. The standard InChI is InChI=1S/C15H14N2/c1-2-4-14(5-3-1)16-17-15-10-8-13(9-11-15)12-6-7-12/h1-5,8-12H,6-7H2/b17-16+. The van der Waals surface area contributed by atoms with Gasteiger partial charge in [-0.05, 0) is 48.6 Å². The highest BCUT2D eigenvalue weighted by Crippen LogP contribution is 2.40. The molecule has 3 rings (SSSR count). The highest BCUT2D eigenvalue weighted by molar-refractivity contribution is 5.42. The topological polar surface area (TPSA) is 24.7 Å². The monoisotopic (exact) mass is 222 g/mol. The van der Waals surface area contributed by atoms with Gasteiger partial charge in [-0.1, -0.05) is 30.3 Å². The van der Waals surface area contributed by atoms with E-state index in [0.29, 0.717) is 0 Å². The zero-order valence-electron chi connectivity index (χ0n) is 9.58. The van der Waals surface area contributed by atoms with Crippen molar-refractivity contribution in [2.45, 2.75) is 18.8 Å². The van der Waals surface area contributed by atoms with E-state index in [0.717, 1.165) is 17.3 Å². The zero-order chi connectivity index (χ0) is 11.5. The Balaban J connectivity index is 1.74. The third-order valence-corrected chi connectivity index (χ3v) is 2.98. The molecule has 1 saturated carbocycles. The van der Waals surface area contributed by atoms with Crippen molar-refractivity contribution in [3.05, 3.63) is 60.2 Å². The summed E-state index contributed by atoms with van der Waals surface area (Å²) in [7, 11) is 0. The molecule has 0 aromatic heterocycles. The average molecular weight is 222 g/mol. The number of benzene rings is 2. The first-order valence-corrected chi connectivity index (χ1v) is 5.98. The first-order valence-electron chi connectivity index (χ1n) is 5.98. The Bertz CT molecular complexity index is 510. The Kier molecular flexibility index (Phi) is 2.70. The van der Waals surface area contributed by atoms with Crippen LogP contribution in [0, 0.1) is 0 Å². The van der Waals surface area contributed by atoms with Crippen LogP contribution in [0.4, 0.5) is 11.4 Å². The number of azo groups is 1. The Morgan fingerprint density at radius 3 is 1.88 bits per heavy atom. The molecular formula is C15H14N2. The molecule has 0 heterocycles. The van der Waals surface area contributed by atoms with Crippen LogP contribution in [0.25, 0.3) is 0 Å². The molecule has 84 valence electrons. The van der Waals surface area contributed by atoms with E-state index in [4.69, 9.17) is 0 Å². The van der Waals surface area contributed by atoms with Crippen molar-refractivity contribution in [3.8, 4) is 0 Å². The van der Waals surface area contributed by atoms with E-state index in [1.54, 1.807) is 0 Å². The Morgan fingerprint density at radius 2 is 1.29 bits per heavy atom. The second-order valence-corrected chi connectivity index (χ2v) is 4.40. The molecule has 0 atom stereocenters. The molecule has 2 heteroatoms. The molecular weight excluding hydrogens is 208 g/mol. The minimum Gasteiger partial charge on any atom is -0.151 e. The highest BCUT2D eigenvalue weighted by atomic mass is 15.1. The van der Waals surface area contributed by atoms with Crippen molar-refractivity contribution in [2.75, 3.05) is 0 Å². The predicted octanol–water partition coefficient (Wildman–Crippen LogP) is 4.98. The Hall–Kier alpha value is -1.96. The molecule has 0 saturated heterocycles. The van der Waals surface area contributed by atoms with Crippen molar-refractivity contribution in [3.63, 3.8) is 0 Å². The van der Waals surface area contributed by atoms with Crippen LogP contribution in [0.15, 0.2) is 64.8 Å². The molecule has 2 nitrogen and oxygen atoms in total. The summed E-state index contributed by atoms with van der Waals surface area (Å²) in [5, 5.41) is 8.41. The van der Waals surface area contributed by atoms with Gasteiger partial charge in [-0.2, -0.15) is 10.2 Å². The number of rotatable bonds is 3. The molecule has 0 amide bonds. The second kappa shape index (κ2) is 4.50. The van der Waals surface area contributed by atoms with E-state index >= 15 is 0 Å². The summed E-state index contributed by atoms with van der Waals surface area (Å²) >= 11 is 0. The van der Waals surface area contributed by atoms with Crippen LogP contribution < -0.4 is 0 Å². The normalized spacial score (nSPS) is 15.3. The van der Waals surface area contributed by atoms with E-state index < -0.39 is 0 Å². The SMILES string of the molecule is c1ccc(/N=N/c2ccc(C3CC3)cc2)cc1.